The minimum absolute atomic E-state index is 0.230. The number of hydrogen-bond donors (Lipinski definition) is 2. The van der Waals surface area contributed by atoms with Gasteiger partial charge in [0.05, 0.1) is 0 Å². The average molecular weight is 381 g/mol. The fourth-order valence-corrected chi connectivity index (χ4v) is 1.93. The Morgan fingerprint density at radius 2 is 1.65 bits per heavy atom. The van der Waals surface area contributed by atoms with Gasteiger partial charge < -0.3 is 4.74 Å². The molecule has 0 fully saturated rings. The van der Waals surface area contributed by atoms with Crippen LogP contribution in [0.25, 0.3) is 0 Å². The van der Waals surface area contributed by atoms with Crippen LogP contribution in [0.15, 0.2) is 53.0 Å². The van der Waals surface area contributed by atoms with E-state index in [4.69, 9.17) is 4.74 Å². The third-order valence-electron chi connectivity index (χ3n) is 2.90. The van der Waals surface area contributed by atoms with Crippen molar-refractivity contribution in [2.24, 2.45) is 0 Å². The van der Waals surface area contributed by atoms with E-state index < -0.39 is 23.7 Å². The first-order valence-corrected chi connectivity index (χ1v) is 7.53. The molecule has 0 saturated heterocycles. The van der Waals surface area contributed by atoms with Crippen LogP contribution in [0.3, 0.4) is 0 Å². The summed E-state index contributed by atoms with van der Waals surface area (Å²) in [5.74, 6) is -0.972. The van der Waals surface area contributed by atoms with Gasteiger partial charge in [0.25, 0.3) is 11.8 Å². The fourth-order valence-electron chi connectivity index (χ4n) is 1.66. The van der Waals surface area contributed by atoms with Gasteiger partial charge in [-0.3, -0.25) is 20.4 Å². The normalized spacial score (nSPS) is 11.4. The molecule has 2 rings (SSSR count). The Labute approximate surface area is 140 Å². The van der Waals surface area contributed by atoms with Gasteiger partial charge in [-0.05, 0) is 55.5 Å². The standard InChI is InChI=1S/C16H14BrFN2O3/c1-10(23-14-8-4-12(17)5-9-14)15(21)19-20-16(22)11-2-6-13(18)7-3-11/h2-10H,1H3,(H,19,21)(H,20,22)/t10-/m1/s1. The number of rotatable bonds is 4. The molecule has 1 atom stereocenters. The maximum atomic E-state index is 12.8. The third-order valence-corrected chi connectivity index (χ3v) is 3.43. The van der Waals surface area contributed by atoms with Gasteiger partial charge in [0.1, 0.15) is 11.6 Å². The maximum Gasteiger partial charge on any atom is 0.279 e. The van der Waals surface area contributed by atoms with Crippen LogP contribution < -0.4 is 15.6 Å². The van der Waals surface area contributed by atoms with Gasteiger partial charge in [-0.15, -0.1) is 0 Å². The summed E-state index contributed by atoms with van der Waals surface area (Å²) in [6.45, 7) is 1.56. The summed E-state index contributed by atoms with van der Waals surface area (Å²) in [6, 6.07) is 12.0. The maximum absolute atomic E-state index is 12.8. The molecular formula is C16H14BrFN2O3. The topological polar surface area (TPSA) is 67.4 Å². The molecule has 0 aromatic heterocycles. The SMILES string of the molecule is C[C@@H](Oc1ccc(Br)cc1)C(=O)NNC(=O)c1ccc(F)cc1. The molecule has 2 N–H and O–H groups in total. The quantitative estimate of drug-likeness (QED) is 0.801. The Balaban J connectivity index is 1.84. The molecular weight excluding hydrogens is 367 g/mol. The van der Waals surface area contributed by atoms with E-state index in [-0.39, 0.29) is 5.56 Å². The Kier molecular flexibility index (Phi) is 5.70. The second kappa shape index (κ2) is 7.73. The van der Waals surface area contributed by atoms with Crippen molar-refractivity contribution < 1.29 is 18.7 Å². The van der Waals surface area contributed by atoms with Crippen LogP contribution in [0, 0.1) is 5.82 Å². The predicted octanol–water partition coefficient (Wildman–Crippen LogP) is 2.82. The molecule has 0 heterocycles. The van der Waals surface area contributed by atoms with Gasteiger partial charge in [-0.2, -0.15) is 0 Å². The van der Waals surface area contributed by atoms with E-state index in [2.05, 4.69) is 26.8 Å². The van der Waals surface area contributed by atoms with Gasteiger partial charge >= 0.3 is 0 Å². The molecule has 120 valence electrons. The number of carbonyl (C=O) groups excluding carboxylic acids is 2. The van der Waals surface area contributed by atoms with Crippen LogP contribution in [0.1, 0.15) is 17.3 Å². The van der Waals surface area contributed by atoms with Crippen molar-refractivity contribution in [3.8, 4) is 5.75 Å². The number of halogens is 2. The van der Waals surface area contributed by atoms with E-state index in [0.29, 0.717) is 5.75 Å². The molecule has 0 bridgehead atoms. The molecule has 0 aliphatic rings. The molecule has 7 heteroatoms. The summed E-state index contributed by atoms with van der Waals surface area (Å²) in [5.41, 5.74) is 4.74. The van der Waals surface area contributed by atoms with Crippen molar-refractivity contribution >= 4 is 27.7 Å². The summed E-state index contributed by atoms with van der Waals surface area (Å²) >= 11 is 3.30. The summed E-state index contributed by atoms with van der Waals surface area (Å²) in [7, 11) is 0. The first kappa shape index (κ1) is 17.0. The lowest BCUT2D eigenvalue weighted by Gasteiger charge is -2.15. The molecule has 0 aliphatic heterocycles. The summed E-state index contributed by atoms with van der Waals surface area (Å²) in [5, 5.41) is 0. The second-order valence-electron chi connectivity index (χ2n) is 4.66. The molecule has 0 radical (unpaired) electrons. The first-order chi connectivity index (χ1) is 11.0. The zero-order chi connectivity index (χ0) is 16.8. The highest BCUT2D eigenvalue weighted by Gasteiger charge is 2.15. The molecule has 2 aromatic carbocycles. The van der Waals surface area contributed by atoms with Gasteiger partial charge in [-0.1, -0.05) is 15.9 Å². The highest BCUT2D eigenvalue weighted by molar-refractivity contribution is 9.10. The highest BCUT2D eigenvalue weighted by atomic mass is 79.9. The minimum atomic E-state index is -0.801. The fraction of sp³-hybridized carbons (Fsp3) is 0.125. The van der Waals surface area contributed by atoms with Crippen LogP contribution in [0.5, 0.6) is 5.75 Å². The Morgan fingerprint density at radius 3 is 2.26 bits per heavy atom. The van der Waals surface area contributed by atoms with Crippen LogP contribution in [0.2, 0.25) is 0 Å². The summed E-state index contributed by atoms with van der Waals surface area (Å²) < 4.78 is 19.1. The van der Waals surface area contributed by atoms with Crippen molar-refractivity contribution in [1.29, 1.82) is 0 Å². The lowest BCUT2D eigenvalue weighted by Crippen LogP contribution is -2.47. The molecule has 0 spiro atoms. The van der Waals surface area contributed by atoms with Gasteiger partial charge in [-0.25, -0.2) is 4.39 Å². The summed E-state index contributed by atoms with van der Waals surface area (Å²) in [6.07, 6.45) is -0.801. The molecule has 0 aliphatic carbocycles. The van der Waals surface area contributed by atoms with Gasteiger partial charge in [0.15, 0.2) is 6.10 Å². The number of amides is 2. The van der Waals surface area contributed by atoms with E-state index in [1.165, 1.54) is 12.1 Å². The molecule has 2 aromatic rings. The Morgan fingerprint density at radius 1 is 1.04 bits per heavy atom. The average Bonchev–Trinajstić information content (AvgIpc) is 2.55. The number of nitrogens with one attached hydrogen (secondary N) is 2. The van der Waals surface area contributed by atoms with E-state index >= 15 is 0 Å². The number of carbonyl (C=O) groups is 2. The first-order valence-electron chi connectivity index (χ1n) is 6.73. The number of hydrogen-bond acceptors (Lipinski definition) is 3. The molecule has 2 amide bonds. The van der Waals surface area contributed by atoms with Crippen LogP contribution >= 0.6 is 15.9 Å². The van der Waals surface area contributed by atoms with Gasteiger partial charge in [0.2, 0.25) is 0 Å². The van der Waals surface area contributed by atoms with Crippen molar-refractivity contribution in [2.45, 2.75) is 13.0 Å². The molecule has 23 heavy (non-hydrogen) atoms. The molecule has 0 unspecified atom stereocenters. The highest BCUT2D eigenvalue weighted by Crippen LogP contribution is 2.17. The minimum Gasteiger partial charge on any atom is -0.481 e. The van der Waals surface area contributed by atoms with E-state index in [1.807, 2.05) is 0 Å². The van der Waals surface area contributed by atoms with Crippen LogP contribution in [-0.4, -0.2) is 17.9 Å². The van der Waals surface area contributed by atoms with E-state index in [1.54, 1.807) is 31.2 Å². The number of hydrazine groups is 1. The van der Waals surface area contributed by atoms with Gasteiger partial charge in [0, 0.05) is 10.0 Å². The van der Waals surface area contributed by atoms with Crippen LogP contribution in [0.4, 0.5) is 4.39 Å². The molecule has 0 saturated carbocycles. The van der Waals surface area contributed by atoms with Crippen LogP contribution in [-0.2, 0) is 4.79 Å². The Bertz CT molecular complexity index is 689. The summed E-state index contributed by atoms with van der Waals surface area (Å²) in [4.78, 5) is 23.7. The second-order valence-corrected chi connectivity index (χ2v) is 5.58. The smallest absolute Gasteiger partial charge is 0.279 e. The van der Waals surface area contributed by atoms with E-state index in [9.17, 15) is 14.0 Å². The van der Waals surface area contributed by atoms with Crippen molar-refractivity contribution in [2.75, 3.05) is 0 Å². The van der Waals surface area contributed by atoms with Crippen molar-refractivity contribution in [3.63, 3.8) is 0 Å². The Hall–Kier alpha value is -2.41. The third kappa shape index (κ3) is 5.07. The van der Waals surface area contributed by atoms with E-state index in [0.717, 1.165) is 16.6 Å². The molecule has 5 nitrogen and oxygen atoms in total. The van der Waals surface area contributed by atoms with Crippen molar-refractivity contribution in [1.82, 2.24) is 10.9 Å². The largest absolute Gasteiger partial charge is 0.481 e. The zero-order valence-corrected chi connectivity index (χ0v) is 13.8. The number of ether oxygens (including phenoxy) is 1. The zero-order valence-electron chi connectivity index (χ0n) is 12.2. The number of benzene rings is 2. The van der Waals surface area contributed by atoms with Crippen molar-refractivity contribution in [3.05, 3.63) is 64.4 Å². The lowest BCUT2D eigenvalue weighted by atomic mass is 10.2. The monoisotopic (exact) mass is 380 g/mol. The lowest BCUT2D eigenvalue weighted by molar-refractivity contribution is -0.128. The predicted molar refractivity (Wildman–Crippen MR) is 86.2 cm³/mol.